The van der Waals surface area contributed by atoms with Gasteiger partial charge in [-0.05, 0) is 0 Å². The van der Waals surface area contributed by atoms with Gasteiger partial charge in [-0.2, -0.15) is 0 Å². The van der Waals surface area contributed by atoms with E-state index in [-0.39, 0.29) is 60.4 Å². The van der Waals surface area contributed by atoms with E-state index in [1.165, 1.54) is 32.2 Å². The average molecular weight is 554 g/mol. The second-order valence-electron chi connectivity index (χ2n) is 6.72. The first-order chi connectivity index (χ1) is 14.9. The van der Waals surface area contributed by atoms with Gasteiger partial charge in [0.1, 0.15) is 0 Å². The van der Waals surface area contributed by atoms with Gasteiger partial charge in [0.05, 0.1) is 7.11 Å². The van der Waals surface area contributed by atoms with Gasteiger partial charge in [-0.1, -0.05) is 0 Å². The van der Waals surface area contributed by atoms with Crippen LogP contribution in [0.5, 0.6) is 11.5 Å². The zero-order valence-corrected chi connectivity index (χ0v) is 19.7. The molecule has 1 fully saturated rings. The minimum atomic E-state index is -0.581. The van der Waals surface area contributed by atoms with Crippen molar-refractivity contribution in [1.29, 1.82) is 0 Å². The molecule has 1 aromatic carbocycles. The minimum absolute atomic E-state index is 0.0908. The number of benzene rings is 1. The molecule has 1 aliphatic rings. The zero-order chi connectivity index (χ0) is 22.8. The molecule has 2 rings (SSSR count). The number of aliphatic hydroxyl groups excluding tert-OH is 2. The van der Waals surface area contributed by atoms with E-state index in [2.05, 4.69) is 4.74 Å². The van der Waals surface area contributed by atoms with Crippen molar-refractivity contribution >= 4 is 11.9 Å². The van der Waals surface area contributed by atoms with Crippen molar-refractivity contribution in [3.8, 4) is 11.5 Å². The Bertz CT molecular complexity index is 733. The number of ether oxygens (including phenoxy) is 4. The Kier molecular flexibility index (Phi) is 10.7. The van der Waals surface area contributed by atoms with Gasteiger partial charge in [0, 0.05) is 0 Å². The van der Waals surface area contributed by atoms with Gasteiger partial charge in [0.2, 0.25) is 0 Å². The molecule has 1 amide bonds. The number of phenolic OH excluding ortho intramolecular Hbond substituents is 1. The number of hydrogen-bond acceptors (Lipinski definition) is 9. The number of halogens is 1. The van der Waals surface area contributed by atoms with Gasteiger partial charge in [-0.15, -0.1) is 0 Å². The van der Waals surface area contributed by atoms with Crippen molar-refractivity contribution in [3.63, 3.8) is 0 Å². The fraction of sp³-hybridized carbons (Fsp3) is 0.600. The molecule has 176 valence electrons. The number of esters is 1. The summed E-state index contributed by atoms with van der Waals surface area (Å²) in [4.78, 5) is 25.4. The molecule has 1 aromatic rings. The maximum atomic E-state index is 12.1. The van der Waals surface area contributed by atoms with Crippen molar-refractivity contribution in [1.82, 2.24) is 4.90 Å². The SMILES string of the molecule is COC(=O)c1cc(O)cc(OCCOCCN(C(C)=O)[C@@H]2[I-]C[C@@H](CO)O[C@@H]2CO)c1. The zero-order valence-electron chi connectivity index (χ0n) is 17.5. The number of methoxy groups -OCH3 is 1. The number of phenols is 1. The van der Waals surface area contributed by atoms with Crippen LogP contribution in [0.25, 0.3) is 0 Å². The topological polar surface area (TPSA) is 135 Å². The van der Waals surface area contributed by atoms with E-state index in [0.717, 1.165) is 0 Å². The molecule has 1 aliphatic heterocycles. The van der Waals surface area contributed by atoms with Crippen molar-refractivity contribution in [2.75, 3.05) is 51.1 Å². The standard InChI is InChI=1S/C20H29INO9/c1-13(25)22(19-18(12-24)31-17(11-23)10-21-19)3-4-29-5-6-30-16-8-14(20(27)28-2)7-15(26)9-16/h7-9,17-19,23-24,26H,3-6,10-12H2,1-2H3/q-1/t17-,18+,19-/m0/s1. The molecule has 0 bridgehead atoms. The van der Waals surface area contributed by atoms with Gasteiger partial charge in [-0.25, -0.2) is 4.79 Å². The average Bonchev–Trinajstić information content (AvgIpc) is 2.77. The van der Waals surface area contributed by atoms with Crippen LogP contribution in [-0.2, 0) is 19.0 Å². The van der Waals surface area contributed by atoms with Crippen LogP contribution in [0.2, 0.25) is 0 Å². The van der Waals surface area contributed by atoms with E-state index >= 15 is 0 Å². The van der Waals surface area contributed by atoms with Crippen LogP contribution in [0.1, 0.15) is 17.3 Å². The van der Waals surface area contributed by atoms with Crippen LogP contribution in [0.15, 0.2) is 18.2 Å². The molecule has 0 radical (unpaired) electrons. The molecule has 10 nitrogen and oxygen atoms in total. The Labute approximate surface area is 191 Å². The van der Waals surface area contributed by atoms with Crippen molar-refractivity contribution in [2.45, 2.75) is 23.2 Å². The summed E-state index contributed by atoms with van der Waals surface area (Å²) >= 11 is -0.474. The predicted molar refractivity (Wildman–Crippen MR) is 105 cm³/mol. The molecular formula is C20H29INO9-. The second kappa shape index (κ2) is 13.0. The third-order valence-electron chi connectivity index (χ3n) is 4.46. The van der Waals surface area contributed by atoms with Crippen LogP contribution < -0.4 is 25.9 Å². The summed E-state index contributed by atoms with van der Waals surface area (Å²) in [5.74, 6) is -0.509. The predicted octanol–water partition coefficient (Wildman–Crippen LogP) is -3.41. The van der Waals surface area contributed by atoms with Crippen molar-refractivity contribution in [2.24, 2.45) is 0 Å². The Hall–Kier alpha value is -1.67. The molecule has 1 heterocycles. The quantitative estimate of drug-likeness (QED) is 0.0841. The number of nitrogens with zero attached hydrogens (tertiary/aromatic N) is 1. The maximum absolute atomic E-state index is 12.1. The number of alkyl halides is 2. The summed E-state index contributed by atoms with van der Waals surface area (Å²) in [5, 5.41) is 28.6. The molecule has 3 N–H and O–H groups in total. The van der Waals surface area contributed by atoms with Gasteiger partial charge in [-0.3, -0.25) is 0 Å². The summed E-state index contributed by atoms with van der Waals surface area (Å²) in [5.41, 5.74) is 0.176. The van der Waals surface area contributed by atoms with Gasteiger partial charge >= 0.3 is 175 Å². The van der Waals surface area contributed by atoms with E-state index in [9.17, 15) is 24.9 Å². The number of rotatable bonds is 11. The van der Waals surface area contributed by atoms with Gasteiger partial charge in [0.15, 0.2) is 0 Å². The Morgan fingerprint density at radius 3 is 2.61 bits per heavy atom. The fourth-order valence-electron chi connectivity index (χ4n) is 2.98. The number of amides is 1. The summed E-state index contributed by atoms with van der Waals surface area (Å²) in [6.45, 7) is 2.21. The molecule has 0 aromatic heterocycles. The third kappa shape index (κ3) is 7.75. The van der Waals surface area contributed by atoms with Gasteiger partial charge < -0.3 is 4.74 Å². The first-order valence-electron chi connectivity index (χ1n) is 9.74. The van der Waals surface area contributed by atoms with Crippen molar-refractivity contribution in [3.05, 3.63) is 23.8 Å². The Morgan fingerprint density at radius 1 is 1.19 bits per heavy atom. The van der Waals surface area contributed by atoms with Crippen LogP contribution in [0, 0.1) is 0 Å². The number of carbonyl (C=O) groups is 2. The molecule has 0 unspecified atom stereocenters. The summed E-state index contributed by atoms with van der Waals surface area (Å²) in [6.07, 6.45) is -0.777. The Morgan fingerprint density at radius 2 is 1.97 bits per heavy atom. The molecular weight excluding hydrogens is 525 g/mol. The van der Waals surface area contributed by atoms with E-state index in [1.54, 1.807) is 4.90 Å². The third-order valence-corrected chi connectivity index (χ3v) is 8.33. The Balaban J connectivity index is 1.78. The second-order valence-corrected chi connectivity index (χ2v) is 9.76. The molecule has 1 saturated heterocycles. The molecule has 31 heavy (non-hydrogen) atoms. The summed E-state index contributed by atoms with van der Waals surface area (Å²) in [6, 6.07) is 4.13. The first-order valence-corrected chi connectivity index (χ1v) is 12.5. The van der Waals surface area contributed by atoms with Gasteiger partial charge in [0.25, 0.3) is 0 Å². The van der Waals surface area contributed by atoms with Crippen LogP contribution >= 0.6 is 0 Å². The van der Waals surface area contributed by atoms with E-state index < -0.39 is 33.3 Å². The number of aromatic hydroxyl groups is 1. The molecule has 0 saturated carbocycles. The van der Waals surface area contributed by atoms with E-state index in [1.807, 2.05) is 0 Å². The van der Waals surface area contributed by atoms with Crippen LogP contribution in [0.4, 0.5) is 0 Å². The molecule has 11 heteroatoms. The molecule has 0 spiro atoms. The first kappa shape index (κ1) is 25.6. The number of hydrogen-bond donors (Lipinski definition) is 3. The monoisotopic (exact) mass is 554 g/mol. The number of carbonyl (C=O) groups excluding carboxylic acids is 2. The fourth-order valence-corrected chi connectivity index (χ4v) is 6.67. The van der Waals surface area contributed by atoms with E-state index in [0.29, 0.717) is 16.7 Å². The van der Waals surface area contributed by atoms with E-state index in [4.69, 9.17) is 14.2 Å². The normalized spacial score (nSPS) is 21.1. The van der Waals surface area contributed by atoms with Crippen molar-refractivity contribution < 1.29 is 65.1 Å². The molecule has 0 aliphatic carbocycles. The molecule has 3 atom stereocenters. The van der Waals surface area contributed by atoms with Crippen LogP contribution in [0.3, 0.4) is 0 Å². The summed E-state index contributed by atoms with van der Waals surface area (Å²) in [7, 11) is 1.25. The number of aliphatic hydroxyl groups is 2. The summed E-state index contributed by atoms with van der Waals surface area (Å²) < 4.78 is 21.9. The van der Waals surface area contributed by atoms with Crippen LogP contribution in [-0.4, -0.2) is 99.5 Å².